The van der Waals surface area contributed by atoms with Crippen LogP contribution in [0.5, 0.6) is 5.75 Å². The zero-order chi connectivity index (χ0) is 18.4. The maximum atomic E-state index is 12.5. The molecule has 27 heavy (non-hydrogen) atoms. The summed E-state index contributed by atoms with van der Waals surface area (Å²) in [4.78, 5) is 24.7. The van der Waals surface area contributed by atoms with E-state index in [9.17, 15) is 9.59 Å². The van der Waals surface area contributed by atoms with Crippen LogP contribution in [0.25, 0.3) is 0 Å². The maximum absolute atomic E-state index is 12.5. The number of ether oxygens (including phenoxy) is 1. The van der Waals surface area contributed by atoms with Crippen molar-refractivity contribution in [1.82, 2.24) is 5.32 Å². The highest BCUT2D eigenvalue weighted by molar-refractivity contribution is 6.09. The standard InChI is InChI=1S/C20H23N3O3.ClH/c21-11-12-22-20(25)17-3-1-2-4-18(17)23-19(24)15-7-9-16(10-8-15)26-13-14-5-6-14;/h1-4,7-10,14H,5-6,11-13,21H2,(H,22,25)(H,23,24);1H. The van der Waals surface area contributed by atoms with Gasteiger partial charge in [0.15, 0.2) is 0 Å². The predicted octanol–water partition coefficient (Wildman–Crippen LogP) is 2.84. The van der Waals surface area contributed by atoms with Crippen LogP contribution < -0.4 is 21.1 Å². The van der Waals surface area contributed by atoms with Crippen molar-refractivity contribution in [3.63, 3.8) is 0 Å². The zero-order valence-electron chi connectivity index (χ0n) is 14.9. The molecule has 1 aliphatic carbocycles. The third-order valence-electron chi connectivity index (χ3n) is 4.15. The maximum Gasteiger partial charge on any atom is 0.255 e. The van der Waals surface area contributed by atoms with Crippen LogP contribution in [0.4, 0.5) is 5.69 Å². The van der Waals surface area contributed by atoms with Crippen molar-refractivity contribution in [2.75, 3.05) is 25.0 Å². The highest BCUT2D eigenvalue weighted by Gasteiger charge is 2.22. The average molecular weight is 390 g/mol. The predicted molar refractivity (Wildman–Crippen MR) is 108 cm³/mol. The summed E-state index contributed by atoms with van der Waals surface area (Å²) >= 11 is 0. The number of hydrogen-bond donors (Lipinski definition) is 3. The number of amides is 2. The molecule has 0 saturated heterocycles. The molecule has 0 radical (unpaired) electrons. The second-order valence-corrected chi connectivity index (χ2v) is 6.32. The van der Waals surface area contributed by atoms with Gasteiger partial charge in [-0.25, -0.2) is 0 Å². The van der Waals surface area contributed by atoms with E-state index in [1.54, 1.807) is 48.5 Å². The molecule has 0 spiro atoms. The SMILES string of the molecule is Cl.NCCNC(=O)c1ccccc1NC(=O)c1ccc(OCC2CC2)cc1. The summed E-state index contributed by atoms with van der Waals surface area (Å²) in [6, 6.07) is 13.9. The molecule has 0 unspecified atom stereocenters. The molecule has 0 heterocycles. The molecule has 0 aliphatic heterocycles. The van der Waals surface area contributed by atoms with Crippen LogP contribution in [0.15, 0.2) is 48.5 Å². The Bertz CT molecular complexity index is 776. The van der Waals surface area contributed by atoms with Gasteiger partial charge in [0.25, 0.3) is 11.8 Å². The van der Waals surface area contributed by atoms with E-state index < -0.39 is 0 Å². The first-order chi connectivity index (χ1) is 12.7. The summed E-state index contributed by atoms with van der Waals surface area (Å²) in [7, 11) is 0. The van der Waals surface area contributed by atoms with Crippen molar-refractivity contribution in [2.45, 2.75) is 12.8 Å². The first-order valence-electron chi connectivity index (χ1n) is 8.79. The van der Waals surface area contributed by atoms with Crippen molar-refractivity contribution < 1.29 is 14.3 Å². The van der Waals surface area contributed by atoms with Crippen LogP contribution in [-0.2, 0) is 0 Å². The highest BCUT2D eigenvalue weighted by atomic mass is 35.5. The molecule has 6 nitrogen and oxygen atoms in total. The largest absolute Gasteiger partial charge is 0.493 e. The van der Waals surface area contributed by atoms with Crippen LogP contribution in [0.2, 0.25) is 0 Å². The number of nitrogens with two attached hydrogens (primary N) is 1. The van der Waals surface area contributed by atoms with Gasteiger partial charge < -0.3 is 21.1 Å². The van der Waals surface area contributed by atoms with Gasteiger partial charge in [-0.05, 0) is 55.2 Å². The van der Waals surface area contributed by atoms with Gasteiger partial charge in [0.2, 0.25) is 0 Å². The van der Waals surface area contributed by atoms with Crippen molar-refractivity contribution in [3.8, 4) is 5.75 Å². The summed E-state index contributed by atoms with van der Waals surface area (Å²) in [6.07, 6.45) is 2.47. The minimum absolute atomic E-state index is 0. The van der Waals surface area contributed by atoms with Crippen LogP contribution >= 0.6 is 12.4 Å². The van der Waals surface area contributed by atoms with E-state index in [0.717, 1.165) is 12.4 Å². The topological polar surface area (TPSA) is 93.5 Å². The monoisotopic (exact) mass is 389 g/mol. The highest BCUT2D eigenvalue weighted by Crippen LogP contribution is 2.29. The number of benzene rings is 2. The lowest BCUT2D eigenvalue weighted by molar-refractivity contribution is 0.0955. The van der Waals surface area contributed by atoms with Gasteiger partial charge in [-0.15, -0.1) is 12.4 Å². The van der Waals surface area contributed by atoms with Gasteiger partial charge in [0, 0.05) is 18.7 Å². The van der Waals surface area contributed by atoms with Gasteiger partial charge in [0.05, 0.1) is 17.9 Å². The number of carbonyl (C=O) groups excluding carboxylic acids is 2. The van der Waals surface area contributed by atoms with Crippen molar-refractivity contribution in [3.05, 3.63) is 59.7 Å². The Morgan fingerprint density at radius 1 is 1.04 bits per heavy atom. The number of nitrogens with one attached hydrogen (secondary N) is 2. The van der Waals surface area contributed by atoms with Gasteiger partial charge in [-0.1, -0.05) is 12.1 Å². The Kier molecular flexibility index (Phi) is 7.64. The fourth-order valence-electron chi connectivity index (χ4n) is 2.47. The molecule has 144 valence electrons. The lowest BCUT2D eigenvalue weighted by atomic mass is 10.1. The molecule has 2 aromatic carbocycles. The van der Waals surface area contributed by atoms with E-state index in [-0.39, 0.29) is 24.2 Å². The molecule has 4 N–H and O–H groups in total. The van der Waals surface area contributed by atoms with Crippen LogP contribution in [0, 0.1) is 5.92 Å². The minimum atomic E-state index is -0.280. The first-order valence-corrected chi connectivity index (χ1v) is 8.79. The van der Waals surface area contributed by atoms with E-state index in [1.807, 2.05) is 0 Å². The Hall–Kier alpha value is -2.57. The molecule has 0 bridgehead atoms. The van der Waals surface area contributed by atoms with E-state index >= 15 is 0 Å². The average Bonchev–Trinajstić information content (AvgIpc) is 3.50. The van der Waals surface area contributed by atoms with Crippen LogP contribution in [0.1, 0.15) is 33.6 Å². The molecule has 2 aromatic rings. The molecule has 7 heteroatoms. The summed E-state index contributed by atoms with van der Waals surface area (Å²) in [5, 5.41) is 5.50. The molecular formula is C20H24ClN3O3. The quantitative estimate of drug-likeness (QED) is 0.647. The van der Waals surface area contributed by atoms with E-state index in [1.165, 1.54) is 12.8 Å². The smallest absolute Gasteiger partial charge is 0.255 e. The first kappa shape index (κ1) is 20.7. The van der Waals surface area contributed by atoms with Crippen molar-refractivity contribution >= 4 is 29.9 Å². The fourth-order valence-corrected chi connectivity index (χ4v) is 2.47. The molecule has 1 fully saturated rings. The summed E-state index contributed by atoms with van der Waals surface area (Å²) in [6.45, 7) is 1.47. The van der Waals surface area contributed by atoms with Gasteiger partial charge in [-0.3, -0.25) is 9.59 Å². The summed E-state index contributed by atoms with van der Waals surface area (Å²) in [5.74, 6) is 0.892. The lowest BCUT2D eigenvalue weighted by Crippen LogP contribution is -2.30. The van der Waals surface area contributed by atoms with Gasteiger partial charge in [-0.2, -0.15) is 0 Å². The molecular weight excluding hydrogens is 366 g/mol. The minimum Gasteiger partial charge on any atom is -0.493 e. The van der Waals surface area contributed by atoms with E-state index in [4.69, 9.17) is 10.5 Å². The molecule has 2 amide bonds. The third-order valence-corrected chi connectivity index (χ3v) is 4.15. The Morgan fingerprint density at radius 2 is 1.74 bits per heavy atom. The lowest BCUT2D eigenvalue weighted by Gasteiger charge is -2.11. The normalized spacial score (nSPS) is 12.6. The molecule has 3 rings (SSSR count). The number of carbonyl (C=O) groups is 2. The van der Waals surface area contributed by atoms with E-state index in [0.29, 0.717) is 35.8 Å². The second kappa shape index (κ2) is 9.94. The van der Waals surface area contributed by atoms with Crippen molar-refractivity contribution in [1.29, 1.82) is 0 Å². The van der Waals surface area contributed by atoms with Crippen molar-refractivity contribution in [2.24, 2.45) is 11.7 Å². The Balaban J connectivity index is 0.00000261. The zero-order valence-corrected chi connectivity index (χ0v) is 15.8. The van der Waals surface area contributed by atoms with Gasteiger partial charge in [0.1, 0.15) is 5.75 Å². The van der Waals surface area contributed by atoms with Crippen LogP contribution in [-0.4, -0.2) is 31.5 Å². The molecule has 1 aliphatic rings. The summed E-state index contributed by atoms with van der Waals surface area (Å²) < 4.78 is 5.68. The number of halogens is 1. The Labute approximate surface area is 164 Å². The van der Waals surface area contributed by atoms with Crippen LogP contribution in [0.3, 0.4) is 0 Å². The Morgan fingerprint density at radius 3 is 2.41 bits per heavy atom. The summed E-state index contributed by atoms with van der Waals surface area (Å²) in [5.41, 5.74) is 6.77. The molecule has 1 saturated carbocycles. The third kappa shape index (κ3) is 5.98. The number of hydrogen-bond acceptors (Lipinski definition) is 4. The van der Waals surface area contributed by atoms with Gasteiger partial charge >= 0.3 is 0 Å². The number of para-hydroxylation sites is 1. The second-order valence-electron chi connectivity index (χ2n) is 6.32. The number of rotatable bonds is 8. The number of anilines is 1. The fraction of sp³-hybridized carbons (Fsp3) is 0.300. The van der Waals surface area contributed by atoms with E-state index in [2.05, 4.69) is 10.6 Å². The molecule has 0 aromatic heterocycles. The molecule has 0 atom stereocenters.